The Morgan fingerprint density at radius 1 is 0.378 bits per heavy atom. The van der Waals surface area contributed by atoms with E-state index >= 15 is 0 Å². The summed E-state index contributed by atoms with van der Waals surface area (Å²) >= 11 is 26.7. The van der Waals surface area contributed by atoms with E-state index < -0.39 is 0 Å². The molecule has 0 amide bonds. The minimum Gasteiger partial charge on any atom is -0.324 e. The van der Waals surface area contributed by atoms with Gasteiger partial charge in [-0.1, -0.05) is 119 Å². The van der Waals surface area contributed by atoms with E-state index in [4.69, 9.17) is 76.3 Å². The van der Waals surface area contributed by atoms with Crippen LogP contribution in [-0.2, 0) is 22.4 Å². The molecule has 0 spiro atoms. The molecule has 220 valence electrons. The van der Waals surface area contributed by atoms with Crippen molar-refractivity contribution in [3.8, 4) is 45.6 Å². The Bertz CT molecular complexity index is 2410. The second-order valence-electron chi connectivity index (χ2n) is 10.3. The van der Waals surface area contributed by atoms with Crippen molar-refractivity contribution in [2.45, 2.75) is 0 Å². The number of fused-ring (bicyclic) bond motifs is 20. The third kappa shape index (κ3) is 4.26. The average molecular weight is 849 g/mol. The molecule has 8 bridgehead atoms. The van der Waals surface area contributed by atoms with Gasteiger partial charge in [-0.25, -0.2) is 29.9 Å². The molecule has 0 aliphatic carbocycles. The predicted octanol–water partition coefficient (Wildman–Crippen LogP) is 9.48. The molecule has 0 fully saturated rings. The monoisotopic (exact) mass is 847 g/mol. The zero-order valence-corrected chi connectivity index (χ0v) is 27.6. The largest absolute Gasteiger partial charge is 1.00 e. The minimum atomic E-state index is 0. The number of nitrogens with zero attached hydrogens (tertiary/aromatic N) is 6. The van der Waals surface area contributed by atoms with Crippen molar-refractivity contribution >= 4 is 90.5 Å². The van der Waals surface area contributed by atoms with Crippen molar-refractivity contribution in [3.63, 3.8) is 0 Å². The zero-order chi connectivity index (χ0) is 29.7. The van der Waals surface area contributed by atoms with Gasteiger partial charge in [0, 0.05) is 33.0 Å². The molecule has 4 aromatic carbocycles. The topological polar surface area (TPSA) is 109 Å². The Labute approximate surface area is 289 Å². The SMILES string of the molecule is Clc1c(Cl)c(Cl)c2c3nc4nc(nc5[nH]c(nc6nc(nc([nH]3)c2c1Cl)-c1ccccc1-6)c1ccccc51)-c1ccccc1-4.[Au+]. The number of benzene rings is 4. The van der Waals surface area contributed by atoms with Crippen molar-refractivity contribution < 1.29 is 22.4 Å². The molecule has 0 saturated carbocycles. The summed E-state index contributed by atoms with van der Waals surface area (Å²) in [6.07, 6.45) is 0. The van der Waals surface area contributed by atoms with Crippen LogP contribution in [0.3, 0.4) is 0 Å². The number of rotatable bonds is 0. The van der Waals surface area contributed by atoms with Crippen LogP contribution in [0.25, 0.3) is 89.7 Å². The van der Waals surface area contributed by atoms with Gasteiger partial charge in [0.15, 0.2) is 23.3 Å². The molecule has 45 heavy (non-hydrogen) atoms. The summed E-state index contributed by atoms with van der Waals surface area (Å²) in [5.41, 5.74) is 5.20. The molecule has 7 aromatic rings. The summed E-state index contributed by atoms with van der Waals surface area (Å²) < 4.78 is 0. The molecule has 0 unspecified atom stereocenters. The van der Waals surface area contributed by atoms with Crippen LogP contribution < -0.4 is 0 Å². The van der Waals surface area contributed by atoms with Gasteiger partial charge < -0.3 is 9.97 Å². The molecule has 0 atom stereocenters. The third-order valence-corrected chi connectivity index (χ3v) is 9.57. The summed E-state index contributed by atoms with van der Waals surface area (Å²) in [6, 6.07) is 23.4. The maximum atomic E-state index is 6.80. The average Bonchev–Trinajstić information content (AvgIpc) is 3.78. The van der Waals surface area contributed by atoms with Gasteiger partial charge in [-0.3, -0.25) is 0 Å². The van der Waals surface area contributed by atoms with Gasteiger partial charge in [-0.2, -0.15) is 0 Å². The molecule has 0 radical (unpaired) electrons. The van der Waals surface area contributed by atoms with Gasteiger partial charge in [-0.05, 0) is 0 Å². The van der Waals surface area contributed by atoms with Crippen LogP contribution in [0.4, 0.5) is 0 Å². The summed E-state index contributed by atoms with van der Waals surface area (Å²) in [6.45, 7) is 0. The molecule has 13 heteroatoms. The van der Waals surface area contributed by atoms with E-state index in [9.17, 15) is 0 Å². The first-order chi connectivity index (χ1) is 21.5. The van der Waals surface area contributed by atoms with Crippen molar-refractivity contribution in [3.05, 3.63) is 92.9 Å². The van der Waals surface area contributed by atoms with Gasteiger partial charge >= 0.3 is 22.4 Å². The Balaban J connectivity index is 0.00000300. The molecule has 0 saturated heterocycles. The Hall–Kier alpha value is -3.86. The van der Waals surface area contributed by atoms with Crippen molar-refractivity contribution in [2.75, 3.05) is 0 Å². The van der Waals surface area contributed by atoms with Crippen LogP contribution in [-0.4, -0.2) is 39.9 Å². The Morgan fingerprint density at radius 3 is 1.07 bits per heavy atom. The second kappa shape index (κ2) is 10.6. The fourth-order valence-corrected chi connectivity index (χ4v) is 6.78. The summed E-state index contributed by atoms with van der Waals surface area (Å²) in [5, 5.41) is 3.31. The molecule has 2 aliphatic rings. The maximum absolute atomic E-state index is 6.80. The molecule has 9 rings (SSSR count). The van der Waals surface area contributed by atoms with E-state index in [2.05, 4.69) is 9.97 Å². The molecule has 5 heterocycles. The molecule has 3 aromatic heterocycles. The first-order valence-electron chi connectivity index (χ1n) is 13.4. The van der Waals surface area contributed by atoms with Gasteiger partial charge in [-0.15, -0.1) is 0 Å². The number of hydrogen-bond acceptors (Lipinski definition) is 6. The van der Waals surface area contributed by atoms with Gasteiger partial charge in [0.05, 0.1) is 30.9 Å². The summed E-state index contributed by atoms with van der Waals surface area (Å²) in [7, 11) is 0. The Kier molecular flexibility index (Phi) is 6.74. The van der Waals surface area contributed by atoms with Crippen molar-refractivity contribution in [2.24, 2.45) is 0 Å². The van der Waals surface area contributed by atoms with Gasteiger partial charge in [0.1, 0.15) is 22.6 Å². The van der Waals surface area contributed by atoms with E-state index in [0.717, 1.165) is 33.0 Å². The quantitative estimate of drug-likeness (QED) is 0.0895. The molecule has 8 nitrogen and oxygen atoms in total. The van der Waals surface area contributed by atoms with Crippen molar-refractivity contribution in [1.29, 1.82) is 0 Å². The van der Waals surface area contributed by atoms with Crippen LogP contribution in [0.2, 0.25) is 20.1 Å². The third-order valence-electron chi connectivity index (χ3n) is 7.76. The van der Waals surface area contributed by atoms with E-state index in [1.807, 2.05) is 72.8 Å². The second-order valence-corrected chi connectivity index (χ2v) is 11.8. The normalized spacial score (nSPS) is 11.8. The van der Waals surface area contributed by atoms with E-state index in [1.165, 1.54) is 0 Å². The zero-order valence-electron chi connectivity index (χ0n) is 22.4. The van der Waals surface area contributed by atoms with Gasteiger partial charge in [0.25, 0.3) is 0 Å². The van der Waals surface area contributed by atoms with Crippen LogP contribution >= 0.6 is 46.4 Å². The fraction of sp³-hybridized carbons (Fsp3) is 0. The first-order valence-corrected chi connectivity index (χ1v) is 14.9. The van der Waals surface area contributed by atoms with E-state index in [0.29, 0.717) is 56.7 Å². The molecule has 2 N–H and O–H groups in total. The standard InChI is InChI=1S/C32H14Cl4N8.Au/c33-21-19-20(22(34)24(36)23(21)35)32-43-30-18-12-6-4-10-16(18)28(41-30)39-26-14-8-2-1-7-13(14)25(37-26)38-27-15-9-3-5-11-17(15)29(40-27)42-31(19)44-32;/h1-12H,(H2,37,38,39,40,41,42,43,44);/q;+1. The molecular weight excluding hydrogens is 835 g/mol. The van der Waals surface area contributed by atoms with Crippen molar-refractivity contribution in [1.82, 2.24) is 39.9 Å². The van der Waals surface area contributed by atoms with Crippen LogP contribution in [0, 0.1) is 0 Å². The predicted molar refractivity (Wildman–Crippen MR) is 176 cm³/mol. The number of hydrogen-bond donors (Lipinski definition) is 2. The van der Waals surface area contributed by atoms with Gasteiger partial charge in [0.2, 0.25) is 0 Å². The summed E-state index contributed by atoms with van der Waals surface area (Å²) in [5.74, 6) is 1.85. The number of aromatic nitrogens is 8. The van der Waals surface area contributed by atoms with Crippen LogP contribution in [0.15, 0.2) is 72.8 Å². The Morgan fingerprint density at radius 2 is 0.689 bits per heavy atom. The first kappa shape index (κ1) is 28.6. The minimum absolute atomic E-state index is 0. The number of halogens is 4. The van der Waals surface area contributed by atoms with Crippen LogP contribution in [0.5, 0.6) is 0 Å². The number of aromatic amines is 2. The molecule has 2 aliphatic heterocycles. The van der Waals surface area contributed by atoms with E-state index in [-0.39, 0.29) is 42.5 Å². The van der Waals surface area contributed by atoms with Crippen LogP contribution in [0.1, 0.15) is 0 Å². The number of nitrogens with one attached hydrogen (secondary N) is 2. The number of H-pyrrole nitrogens is 2. The molecular formula is C32H14AuCl4N8+. The smallest absolute Gasteiger partial charge is 0.324 e. The summed E-state index contributed by atoms with van der Waals surface area (Å²) in [4.78, 5) is 36.3. The van der Waals surface area contributed by atoms with E-state index in [1.54, 1.807) is 0 Å². The maximum Gasteiger partial charge on any atom is 1.00 e. The fourth-order valence-electron chi connectivity index (χ4n) is 5.75.